The van der Waals surface area contributed by atoms with E-state index in [-0.39, 0.29) is 0 Å². The van der Waals surface area contributed by atoms with Gasteiger partial charge in [-0.1, -0.05) is 0 Å². The molecule has 0 unspecified atom stereocenters. The summed E-state index contributed by atoms with van der Waals surface area (Å²) in [5.74, 6) is 0. The van der Waals surface area contributed by atoms with Crippen molar-refractivity contribution in [2.24, 2.45) is 0 Å². The van der Waals surface area contributed by atoms with Crippen molar-refractivity contribution in [3.63, 3.8) is 0 Å². The zero-order valence-electron chi connectivity index (χ0n) is 16.4. The quantitative estimate of drug-likeness (QED) is 0.382. The van der Waals surface area contributed by atoms with Crippen LogP contribution >= 0.6 is 0 Å². The number of aromatic nitrogens is 1. The van der Waals surface area contributed by atoms with Gasteiger partial charge in [0.1, 0.15) is 0 Å². The second-order valence-electron chi connectivity index (χ2n) is 7.09. The maximum absolute atomic E-state index is 5.18. The average Bonchev–Trinajstić information content (AvgIpc) is 3.08. The average molecular weight is 495 g/mol. The van der Waals surface area contributed by atoms with Crippen LogP contribution < -0.4 is 7.80 Å². The molecule has 1 nitrogen and oxygen atoms in total. The fourth-order valence-corrected chi connectivity index (χ4v) is 9.22. The van der Waals surface area contributed by atoms with Crippen molar-refractivity contribution in [3.05, 3.63) is 101 Å². The molecule has 0 saturated heterocycles. The van der Waals surface area contributed by atoms with Crippen LogP contribution in [0.25, 0.3) is 10.1 Å². The van der Waals surface area contributed by atoms with Gasteiger partial charge in [-0.05, 0) is 0 Å². The SMILES string of the molecule is Cc1cc(C)c(Cc2nc(-c3ccccc3)[se]c2[Se]c2ccccc2)c(C)c1. The molecule has 28 heavy (non-hydrogen) atoms. The van der Waals surface area contributed by atoms with E-state index < -0.39 is 0 Å². The molecular formula is C25H23NSe2. The molecule has 0 aliphatic heterocycles. The summed E-state index contributed by atoms with van der Waals surface area (Å²) in [6.45, 7) is 6.65. The molecule has 0 amide bonds. The van der Waals surface area contributed by atoms with Gasteiger partial charge in [0.05, 0.1) is 0 Å². The van der Waals surface area contributed by atoms with Gasteiger partial charge in [-0.25, -0.2) is 0 Å². The number of hydrogen-bond acceptors (Lipinski definition) is 1. The molecule has 4 rings (SSSR count). The molecule has 0 radical (unpaired) electrons. The Hall–Kier alpha value is -1.89. The van der Waals surface area contributed by atoms with Crippen molar-refractivity contribution < 1.29 is 0 Å². The van der Waals surface area contributed by atoms with Gasteiger partial charge in [-0.3, -0.25) is 0 Å². The molecule has 0 bridgehead atoms. The molecule has 0 saturated carbocycles. The van der Waals surface area contributed by atoms with E-state index >= 15 is 0 Å². The fourth-order valence-electron chi connectivity index (χ4n) is 3.49. The normalized spacial score (nSPS) is 11.0. The van der Waals surface area contributed by atoms with E-state index in [1.165, 1.54) is 42.5 Å². The Bertz CT molecular complexity index is 1060. The van der Waals surface area contributed by atoms with Gasteiger partial charge < -0.3 is 0 Å². The summed E-state index contributed by atoms with van der Waals surface area (Å²) in [7, 11) is 0. The number of nitrogens with zero attached hydrogens (tertiary/aromatic N) is 1. The van der Waals surface area contributed by atoms with Crippen LogP contribution in [0.2, 0.25) is 0 Å². The number of benzene rings is 3. The molecule has 140 valence electrons. The summed E-state index contributed by atoms with van der Waals surface area (Å²) in [5.41, 5.74) is 8.12. The Labute approximate surface area is 179 Å². The van der Waals surface area contributed by atoms with Crippen molar-refractivity contribution in [3.8, 4) is 10.1 Å². The van der Waals surface area contributed by atoms with Crippen LogP contribution in [0.1, 0.15) is 27.9 Å². The van der Waals surface area contributed by atoms with E-state index in [0.717, 1.165) is 6.42 Å². The van der Waals surface area contributed by atoms with Gasteiger partial charge in [0.2, 0.25) is 0 Å². The third kappa shape index (κ3) is 4.40. The Balaban J connectivity index is 1.75. The first-order chi connectivity index (χ1) is 13.6. The summed E-state index contributed by atoms with van der Waals surface area (Å²) in [4.78, 5) is 5.18. The summed E-state index contributed by atoms with van der Waals surface area (Å²) < 4.78 is 4.29. The monoisotopic (exact) mass is 497 g/mol. The van der Waals surface area contributed by atoms with Crippen LogP contribution in [0.15, 0.2) is 72.8 Å². The van der Waals surface area contributed by atoms with Gasteiger partial charge in [-0.15, -0.1) is 0 Å². The van der Waals surface area contributed by atoms with Crippen LogP contribution in [-0.2, 0) is 6.42 Å². The van der Waals surface area contributed by atoms with Crippen molar-refractivity contribution in [1.29, 1.82) is 0 Å². The Morgan fingerprint density at radius 3 is 2.07 bits per heavy atom. The van der Waals surface area contributed by atoms with Gasteiger partial charge >= 0.3 is 180 Å². The predicted molar refractivity (Wildman–Crippen MR) is 122 cm³/mol. The topological polar surface area (TPSA) is 12.9 Å². The van der Waals surface area contributed by atoms with E-state index in [1.807, 2.05) is 0 Å². The first-order valence-electron chi connectivity index (χ1n) is 9.45. The van der Waals surface area contributed by atoms with E-state index in [1.54, 1.807) is 3.34 Å². The zero-order chi connectivity index (χ0) is 19.5. The molecule has 4 aromatic rings. The minimum atomic E-state index is 0.305. The zero-order valence-corrected chi connectivity index (χ0v) is 19.8. The standard InChI is InChI=1S/C25H23NSe2/c1-17-14-18(2)22(19(3)15-17)16-23-25(27-21-12-8-5-9-13-21)28-24(26-23)20-10-6-4-7-11-20/h4-15H,16H2,1-3H3. The van der Waals surface area contributed by atoms with Crippen molar-refractivity contribution in [1.82, 2.24) is 4.98 Å². The summed E-state index contributed by atoms with van der Waals surface area (Å²) in [5, 5.41) is 0. The van der Waals surface area contributed by atoms with Gasteiger partial charge in [0.25, 0.3) is 0 Å². The number of hydrogen-bond donors (Lipinski definition) is 0. The molecule has 1 aromatic heterocycles. The molecule has 0 aliphatic rings. The molecule has 0 fully saturated rings. The van der Waals surface area contributed by atoms with Gasteiger partial charge in [0.15, 0.2) is 0 Å². The van der Waals surface area contributed by atoms with E-state index in [2.05, 4.69) is 93.6 Å². The number of rotatable bonds is 5. The summed E-state index contributed by atoms with van der Waals surface area (Å²) in [6, 6.07) is 26.2. The molecule has 3 heteroatoms. The van der Waals surface area contributed by atoms with E-state index in [0.29, 0.717) is 29.5 Å². The Kier molecular flexibility index (Phi) is 5.99. The third-order valence-electron chi connectivity index (χ3n) is 4.82. The van der Waals surface area contributed by atoms with Crippen LogP contribution in [-0.4, -0.2) is 34.4 Å². The first kappa shape index (κ1) is 19.4. The molecule has 0 N–H and O–H groups in total. The summed E-state index contributed by atoms with van der Waals surface area (Å²) in [6.07, 6.45) is 0.944. The maximum atomic E-state index is 5.18. The Morgan fingerprint density at radius 2 is 1.43 bits per heavy atom. The first-order valence-corrected chi connectivity index (χ1v) is 12.9. The van der Waals surface area contributed by atoms with Crippen LogP contribution in [0.4, 0.5) is 0 Å². The predicted octanol–water partition coefficient (Wildman–Crippen LogP) is 3.98. The van der Waals surface area contributed by atoms with Gasteiger partial charge in [-0.2, -0.15) is 0 Å². The van der Waals surface area contributed by atoms with E-state index in [4.69, 9.17) is 4.98 Å². The molecule has 0 aliphatic carbocycles. The number of aryl methyl sites for hydroxylation is 3. The van der Waals surface area contributed by atoms with Crippen molar-refractivity contribution >= 4 is 37.3 Å². The van der Waals surface area contributed by atoms with Crippen molar-refractivity contribution in [2.75, 3.05) is 0 Å². The second kappa shape index (κ2) is 8.64. The Morgan fingerprint density at radius 1 is 0.821 bits per heavy atom. The third-order valence-corrected chi connectivity index (χ3v) is 10.6. The van der Waals surface area contributed by atoms with Crippen LogP contribution in [0.3, 0.4) is 0 Å². The van der Waals surface area contributed by atoms with Crippen molar-refractivity contribution in [2.45, 2.75) is 27.2 Å². The van der Waals surface area contributed by atoms with Gasteiger partial charge in [0, 0.05) is 0 Å². The molecular weight excluding hydrogens is 472 g/mol. The van der Waals surface area contributed by atoms with Crippen LogP contribution in [0, 0.1) is 20.8 Å². The molecule has 1 heterocycles. The second-order valence-corrected chi connectivity index (χ2v) is 12.8. The minimum absolute atomic E-state index is 0.305. The fraction of sp³-hybridized carbons (Fsp3) is 0.160. The van der Waals surface area contributed by atoms with Crippen LogP contribution in [0.5, 0.6) is 0 Å². The molecule has 0 spiro atoms. The molecule has 3 aromatic carbocycles. The molecule has 0 atom stereocenters. The summed E-state index contributed by atoms with van der Waals surface area (Å²) >= 11 is 0.641. The van der Waals surface area contributed by atoms with E-state index in [9.17, 15) is 0 Å².